The van der Waals surface area contributed by atoms with Crippen LogP contribution in [0.25, 0.3) is 0 Å². The molecule has 1 atom stereocenters. The summed E-state index contributed by atoms with van der Waals surface area (Å²) in [5.41, 5.74) is 1.16. The number of ether oxygens (including phenoxy) is 3. The largest absolute Gasteiger partial charge is 0.489 e. The molecule has 2 aliphatic heterocycles. The van der Waals surface area contributed by atoms with Crippen molar-refractivity contribution in [3.05, 3.63) is 58.1 Å². The minimum atomic E-state index is -0.444. The SMILES string of the molecule is COCCCN1C(=O)c2ccc(C(=O)Nc3cc(Cl)ccc3OCC3CCCO3)cc2C1=O. The third kappa shape index (κ3) is 5.19. The van der Waals surface area contributed by atoms with Gasteiger partial charge in [0.25, 0.3) is 17.7 Å². The van der Waals surface area contributed by atoms with Crippen LogP contribution in [-0.4, -0.2) is 62.2 Å². The van der Waals surface area contributed by atoms with E-state index < -0.39 is 11.8 Å². The third-order valence-electron chi connectivity index (χ3n) is 5.60. The lowest BCUT2D eigenvalue weighted by molar-refractivity contribution is 0.0638. The molecule has 0 radical (unpaired) electrons. The van der Waals surface area contributed by atoms with Gasteiger partial charge in [-0.1, -0.05) is 11.6 Å². The molecule has 0 aliphatic carbocycles. The van der Waals surface area contributed by atoms with E-state index in [4.69, 9.17) is 25.8 Å². The molecule has 33 heavy (non-hydrogen) atoms. The molecule has 3 amide bonds. The van der Waals surface area contributed by atoms with Crippen LogP contribution >= 0.6 is 11.6 Å². The topological polar surface area (TPSA) is 94.2 Å². The van der Waals surface area contributed by atoms with Gasteiger partial charge >= 0.3 is 0 Å². The Labute approximate surface area is 196 Å². The molecule has 1 fully saturated rings. The van der Waals surface area contributed by atoms with Crippen LogP contribution in [-0.2, 0) is 9.47 Å². The van der Waals surface area contributed by atoms with E-state index >= 15 is 0 Å². The fraction of sp³-hybridized carbons (Fsp3) is 0.375. The summed E-state index contributed by atoms with van der Waals surface area (Å²) >= 11 is 6.13. The summed E-state index contributed by atoms with van der Waals surface area (Å²) < 4.78 is 16.4. The van der Waals surface area contributed by atoms with Gasteiger partial charge < -0.3 is 19.5 Å². The maximum absolute atomic E-state index is 13.0. The second-order valence-corrected chi connectivity index (χ2v) is 8.35. The molecular weight excluding hydrogens is 448 g/mol. The second-order valence-electron chi connectivity index (χ2n) is 7.91. The lowest BCUT2D eigenvalue weighted by atomic mass is 10.1. The van der Waals surface area contributed by atoms with Crippen LogP contribution in [0.4, 0.5) is 5.69 Å². The Morgan fingerprint density at radius 3 is 2.76 bits per heavy atom. The quantitative estimate of drug-likeness (QED) is 0.441. The van der Waals surface area contributed by atoms with Crippen LogP contribution in [0.3, 0.4) is 0 Å². The highest BCUT2D eigenvalue weighted by Gasteiger charge is 2.35. The zero-order chi connectivity index (χ0) is 23.4. The molecule has 2 aliphatic rings. The molecule has 174 valence electrons. The number of hydrogen-bond acceptors (Lipinski definition) is 6. The normalized spacial score (nSPS) is 17.4. The highest BCUT2D eigenvalue weighted by atomic mass is 35.5. The number of carbonyl (C=O) groups is 3. The van der Waals surface area contributed by atoms with Crippen molar-refractivity contribution in [2.75, 3.05) is 38.8 Å². The summed E-state index contributed by atoms with van der Waals surface area (Å²) in [4.78, 5) is 39.4. The number of hydrogen-bond donors (Lipinski definition) is 1. The molecule has 1 saturated heterocycles. The van der Waals surface area contributed by atoms with Crippen LogP contribution in [0.5, 0.6) is 5.75 Å². The second kappa shape index (κ2) is 10.3. The van der Waals surface area contributed by atoms with Gasteiger partial charge in [-0.2, -0.15) is 0 Å². The van der Waals surface area contributed by atoms with Gasteiger partial charge in [0.15, 0.2) is 0 Å². The first-order valence-corrected chi connectivity index (χ1v) is 11.2. The van der Waals surface area contributed by atoms with Gasteiger partial charge in [0.1, 0.15) is 12.4 Å². The predicted molar refractivity (Wildman–Crippen MR) is 122 cm³/mol. The van der Waals surface area contributed by atoms with Crippen LogP contribution in [0, 0.1) is 0 Å². The molecule has 4 rings (SSSR count). The van der Waals surface area contributed by atoms with Crippen molar-refractivity contribution >= 4 is 35.0 Å². The molecule has 2 aromatic rings. The van der Waals surface area contributed by atoms with E-state index in [2.05, 4.69) is 5.32 Å². The van der Waals surface area contributed by atoms with E-state index in [1.807, 2.05) is 0 Å². The Bertz CT molecular complexity index is 1070. The molecule has 1 N–H and O–H groups in total. The smallest absolute Gasteiger partial charge is 0.261 e. The van der Waals surface area contributed by atoms with Crippen LogP contribution in [0.1, 0.15) is 50.3 Å². The summed E-state index contributed by atoms with van der Waals surface area (Å²) in [7, 11) is 1.56. The highest BCUT2D eigenvalue weighted by Crippen LogP contribution is 2.30. The average Bonchev–Trinajstić information content (AvgIpc) is 3.41. The van der Waals surface area contributed by atoms with Crippen molar-refractivity contribution in [3.8, 4) is 5.75 Å². The number of halogens is 1. The van der Waals surface area contributed by atoms with Crippen molar-refractivity contribution in [3.63, 3.8) is 0 Å². The molecule has 0 aromatic heterocycles. The molecule has 8 nitrogen and oxygen atoms in total. The van der Waals surface area contributed by atoms with Gasteiger partial charge in [0.05, 0.1) is 22.9 Å². The number of nitrogens with one attached hydrogen (secondary N) is 1. The van der Waals surface area contributed by atoms with Crippen molar-refractivity contribution < 1.29 is 28.6 Å². The van der Waals surface area contributed by atoms with E-state index in [0.29, 0.717) is 36.1 Å². The van der Waals surface area contributed by atoms with Gasteiger partial charge in [-0.15, -0.1) is 0 Å². The Hall–Kier alpha value is -2.94. The Morgan fingerprint density at radius 2 is 2.00 bits per heavy atom. The predicted octanol–water partition coefficient (Wildman–Crippen LogP) is 3.78. The minimum Gasteiger partial charge on any atom is -0.489 e. The van der Waals surface area contributed by atoms with Crippen molar-refractivity contribution in [2.45, 2.75) is 25.4 Å². The maximum Gasteiger partial charge on any atom is 0.261 e. The van der Waals surface area contributed by atoms with Gasteiger partial charge in [-0.05, 0) is 55.7 Å². The third-order valence-corrected chi connectivity index (χ3v) is 5.84. The standard InChI is InChI=1S/C24H25ClN2O6/c1-31-10-3-9-27-23(29)18-7-5-15(12-19(18)24(27)30)22(28)26-20-13-16(25)6-8-21(20)33-14-17-4-2-11-32-17/h5-8,12-13,17H,2-4,9-11,14H2,1H3,(H,26,28). The number of benzene rings is 2. The fourth-order valence-electron chi connectivity index (χ4n) is 3.88. The average molecular weight is 473 g/mol. The van der Waals surface area contributed by atoms with Crippen LogP contribution < -0.4 is 10.1 Å². The minimum absolute atomic E-state index is 0.0244. The zero-order valence-electron chi connectivity index (χ0n) is 18.3. The number of anilines is 1. The number of carbonyl (C=O) groups excluding carboxylic acids is 3. The van der Waals surface area contributed by atoms with Crippen molar-refractivity contribution in [2.24, 2.45) is 0 Å². The maximum atomic E-state index is 13.0. The number of methoxy groups -OCH3 is 1. The number of fused-ring (bicyclic) bond motifs is 1. The van der Waals surface area contributed by atoms with Crippen molar-refractivity contribution in [1.29, 1.82) is 0 Å². The molecule has 0 spiro atoms. The fourth-order valence-corrected chi connectivity index (χ4v) is 4.05. The monoisotopic (exact) mass is 472 g/mol. The van der Waals surface area contributed by atoms with E-state index in [1.54, 1.807) is 25.3 Å². The first kappa shape index (κ1) is 23.2. The molecule has 2 aromatic carbocycles. The summed E-state index contributed by atoms with van der Waals surface area (Å²) in [6.45, 7) is 1.80. The summed E-state index contributed by atoms with van der Waals surface area (Å²) in [5, 5.41) is 3.24. The van der Waals surface area contributed by atoms with Gasteiger partial charge in [-0.3, -0.25) is 19.3 Å². The lowest BCUT2D eigenvalue weighted by Gasteiger charge is -2.15. The summed E-state index contributed by atoms with van der Waals surface area (Å²) in [6, 6.07) is 9.45. The van der Waals surface area contributed by atoms with Gasteiger partial charge in [0, 0.05) is 37.5 Å². The molecule has 9 heteroatoms. The number of amides is 3. The van der Waals surface area contributed by atoms with Crippen molar-refractivity contribution in [1.82, 2.24) is 4.90 Å². The molecular formula is C24H25ClN2O6. The first-order valence-electron chi connectivity index (χ1n) is 10.8. The zero-order valence-corrected chi connectivity index (χ0v) is 19.0. The van der Waals surface area contributed by atoms with Crippen LogP contribution in [0.2, 0.25) is 5.02 Å². The van der Waals surface area contributed by atoms with Crippen LogP contribution in [0.15, 0.2) is 36.4 Å². The van der Waals surface area contributed by atoms with Gasteiger partial charge in [-0.25, -0.2) is 0 Å². The molecule has 2 heterocycles. The number of imide groups is 1. The van der Waals surface area contributed by atoms with E-state index in [-0.39, 0.29) is 35.2 Å². The molecule has 1 unspecified atom stereocenters. The Balaban J connectivity index is 1.48. The molecule has 0 saturated carbocycles. The highest BCUT2D eigenvalue weighted by molar-refractivity contribution is 6.31. The molecule has 0 bridgehead atoms. The summed E-state index contributed by atoms with van der Waals surface area (Å²) in [6.07, 6.45) is 2.50. The van der Waals surface area contributed by atoms with E-state index in [1.165, 1.54) is 23.1 Å². The first-order chi connectivity index (χ1) is 16.0. The number of rotatable bonds is 9. The summed E-state index contributed by atoms with van der Waals surface area (Å²) in [5.74, 6) is -0.748. The van der Waals surface area contributed by atoms with Gasteiger partial charge in [0.2, 0.25) is 0 Å². The lowest BCUT2D eigenvalue weighted by Crippen LogP contribution is -2.31. The Kier molecular flexibility index (Phi) is 7.27. The Morgan fingerprint density at radius 1 is 1.18 bits per heavy atom. The number of nitrogens with zero attached hydrogens (tertiary/aromatic N) is 1. The van der Waals surface area contributed by atoms with E-state index in [9.17, 15) is 14.4 Å². The van der Waals surface area contributed by atoms with E-state index in [0.717, 1.165) is 19.4 Å².